The first kappa shape index (κ1) is 91.7. The monoisotopic (exact) mass is 1420 g/mol. The summed E-state index contributed by atoms with van der Waals surface area (Å²) in [5.41, 5.74) is 0. The zero-order valence-corrected chi connectivity index (χ0v) is 62.4. The Labute approximate surface area is 605 Å². The molecule has 3 rings (SSSR count). The summed E-state index contributed by atoms with van der Waals surface area (Å²) < 4.78 is 34.4. The van der Waals surface area contributed by atoms with Crippen LogP contribution in [0.5, 0.6) is 0 Å². The van der Waals surface area contributed by atoms with Crippen LogP contribution in [0.4, 0.5) is 0 Å². The van der Waals surface area contributed by atoms with Crippen LogP contribution in [0.15, 0.2) is 60.8 Å². The average Bonchev–Trinajstić information content (AvgIpc) is 0.783. The Morgan fingerprint density at radius 1 is 0.360 bits per heavy atom. The maximum Gasteiger partial charge on any atom is 0.220 e. The Kier molecular flexibility index (Phi) is 56.5. The molecule has 19 heteroatoms. The Morgan fingerprint density at radius 2 is 0.670 bits per heavy atom. The van der Waals surface area contributed by atoms with Crippen LogP contribution in [-0.4, -0.2) is 193 Å². The van der Waals surface area contributed by atoms with Crippen molar-refractivity contribution in [1.29, 1.82) is 0 Å². The lowest BCUT2D eigenvalue weighted by molar-refractivity contribution is -0.379. The molecule has 0 bridgehead atoms. The first-order valence-electron chi connectivity index (χ1n) is 40.5. The van der Waals surface area contributed by atoms with E-state index in [0.29, 0.717) is 12.8 Å². The van der Waals surface area contributed by atoms with Crippen molar-refractivity contribution in [2.75, 3.05) is 26.4 Å². The van der Waals surface area contributed by atoms with Crippen LogP contribution >= 0.6 is 0 Å². The lowest BCUT2D eigenvalue weighted by Crippen LogP contribution is -2.66. The molecule has 17 unspecified atom stereocenters. The number of aliphatic hydroxyl groups is 11. The van der Waals surface area contributed by atoms with Crippen LogP contribution < -0.4 is 5.32 Å². The Bertz CT molecular complexity index is 2040. The van der Waals surface area contributed by atoms with Crippen molar-refractivity contribution in [3.8, 4) is 0 Å². The minimum Gasteiger partial charge on any atom is -0.394 e. The third-order valence-corrected chi connectivity index (χ3v) is 20.0. The van der Waals surface area contributed by atoms with Gasteiger partial charge in [-0.2, -0.15) is 0 Å². The molecule has 3 heterocycles. The highest BCUT2D eigenvalue weighted by atomic mass is 16.8. The first-order chi connectivity index (χ1) is 48.8. The van der Waals surface area contributed by atoms with Gasteiger partial charge >= 0.3 is 0 Å². The van der Waals surface area contributed by atoms with Crippen molar-refractivity contribution in [3.05, 3.63) is 60.8 Å². The number of carbonyl (C=O) groups is 1. The molecule has 0 spiro atoms. The SMILES string of the molecule is CCCCCCC/C=C\C/C=C\CCCCCCCCCCCCCCCCCCCCCCCC(=O)NC(COC1OC(CO)C(OC2OC(CO)C(OC3OC(CO)C(O)C(O)C3O)C(O)C2O)C(O)C1O)C(O)/C=C/CC/C=C/CC/C=C/CCCCCCCCCCCCCC. The van der Waals surface area contributed by atoms with E-state index < -0.39 is 124 Å². The van der Waals surface area contributed by atoms with Gasteiger partial charge in [0.25, 0.3) is 0 Å². The lowest BCUT2D eigenvalue weighted by atomic mass is 9.96. The fourth-order valence-electron chi connectivity index (χ4n) is 13.5. The molecule has 1 amide bonds. The predicted molar refractivity (Wildman–Crippen MR) is 397 cm³/mol. The van der Waals surface area contributed by atoms with Crippen molar-refractivity contribution < 1.29 is 89.4 Å². The van der Waals surface area contributed by atoms with Crippen molar-refractivity contribution >= 4 is 5.91 Å². The van der Waals surface area contributed by atoms with E-state index >= 15 is 0 Å². The van der Waals surface area contributed by atoms with Gasteiger partial charge in [-0.1, -0.05) is 293 Å². The van der Waals surface area contributed by atoms with Gasteiger partial charge in [-0.05, 0) is 77.0 Å². The first-order valence-corrected chi connectivity index (χ1v) is 40.5. The van der Waals surface area contributed by atoms with Crippen LogP contribution in [0.2, 0.25) is 0 Å². The average molecular weight is 1420 g/mol. The highest BCUT2D eigenvalue weighted by molar-refractivity contribution is 5.76. The second-order valence-electron chi connectivity index (χ2n) is 28.9. The quantitative estimate of drug-likeness (QED) is 0.0199. The maximum atomic E-state index is 13.5. The molecular formula is C81H147NO18. The van der Waals surface area contributed by atoms with Crippen molar-refractivity contribution in [3.63, 3.8) is 0 Å². The molecule has 584 valence electrons. The standard InChI is InChI=1S/C81H147NO18/c1-3-5-7-9-11-13-15-17-19-21-23-25-27-28-29-30-31-32-33-34-35-36-37-39-41-43-45-47-49-51-53-55-57-59-69(87)82-64(65(86)58-56-54-52-50-48-46-44-42-40-38-26-24-22-20-18-16-14-12-10-8-6-4-2)63-95-79-75(93)72(90)77(67(61-84)97-79)100-81-76(94)73(91)78(68(62-85)98-81)99-80-74(92)71(89)70(88)66(60-83)96-80/h15,17,21,23,40,42,48,50,56,58,64-68,70-81,83-86,88-94H,3-14,16,18-20,22,24-39,41,43-47,49,51-55,57,59-63H2,1-2H3,(H,82,87)/b17-15-,23-21-,42-40+,50-48+,58-56+. The Hall–Kier alpha value is -2.51. The predicted octanol–water partition coefficient (Wildman–Crippen LogP) is 13.5. The van der Waals surface area contributed by atoms with E-state index in [1.54, 1.807) is 6.08 Å². The summed E-state index contributed by atoms with van der Waals surface area (Å²) in [5.74, 6) is -0.285. The fourth-order valence-corrected chi connectivity index (χ4v) is 13.5. The van der Waals surface area contributed by atoms with Crippen LogP contribution in [-0.2, 0) is 33.2 Å². The molecular weight excluding hydrogens is 1270 g/mol. The molecule has 17 atom stereocenters. The zero-order chi connectivity index (χ0) is 72.5. The molecule has 0 aromatic rings. The number of carbonyl (C=O) groups excluding carboxylic acids is 1. The van der Waals surface area contributed by atoms with E-state index in [2.05, 4.69) is 67.8 Å². The molecule has 3 fully saturated rings. The van der Waals surface area contributed by atoms with Gasteiger partial charge in [0.05, 0.1) is 38.6 Å². The van der Waals surface area contributed by atoms with Gasteiger partial charge in [0, 0.05) is 6.42 Å². The summed E-state index contributed by atoms with van der Waals surface area (Å²) in [5, 5.41) is 121. The number of unbranched alkanes of at least 4 members (excludes halogenated alkanes) is 40. The number of aliphatic hydroxyl groups excluding tert-OH is 11. The highest BCUT2D eigenvalue weighted by Gasteiger charge is 2.54. The summed E-state index contributed by atoms with van der Waals surface area (Å²) in [6.45, 7) is 1.73. The minimum atomic E-state index is -1.98. The van der Waals surface area contributed by atoms with E-state index in [1.807, 2.05) is 6.08 Å². The van der Waals surface area contributed by atoms with Gasteiger partial charge in [-0.25, -0.2) is 0 Å². The molecule has 0 saturated carbocycles. The second kappa shape index (κ2) is 61.6. The summed E-state index contributed by atoms with van der Waals surface area (Å²) in [7, 11) is 0. The van der Waals surface area contributed by atoms with Crippen molar-refractivity contribution in [2.45, 2.75) is 420 Å². The summed E-state index contributed by atoms with van der Waals surface area (Å²) in [6.07, 6.45) is 52.2. The molecule has 0 aromatic heterocycles. The minimum absolute atomic E-state index is 0.233. The van der Waals surface area contributed by atoms with E-state index in [0.717, 1.165) is 51.4 Å². The number of hydrogen-bond acceptors (Lipinski definition) is 18. The fraction of sp³-hybridized carbons (Fsp3) is 0.864. The largest absolute Gasteiger partial charge is 0.394 e. The Morgan fingerprint density at radius 3 is 1.06 bits per heavy atom. The molecule has 0 radical (unpaired) electrons. The number of nitrogens with one attached hydrogen (secondary N) is 1. The number of amides is 1. The van der Waals surface area contributed by atoms with Crippen molar-refractivity contribution in [1.82, 2.24) is 5.32 Å². The molecule has 0 aliphatic carbocycles. The van der Waals surface area contributed by atoms with Gasteiger partial charge in [-0.3, -0.25) is 4.79 Å². The third kappa shape index (κ3) is 41.4. The van der Waals surface area contributed by atoms with Gasteiger partial charge < -0.3 is 89.9 Å². The second-order valence-corrected chi connectivity index (χ2v) is 28.9. The van der Waals surface area contributed by atoms with Gasteiger partial charge in [0.1, 0.15) is 73.2 Å². The molecule has 3 aliphatic rings. The van der Waals surface area contributed by atoms with Gasteiger partial charge in [0.15, 0.2) is 18.9 Å². The van der Waals surface area contributed by atoms with E-state index in [-0.39, 0.29) is 18.9 Å². The molecule has 3 saturated heterocycles. The van der Waals surface area contributed by atoms with Crippen LogP contribution in [0.1, 0.15) is 316 Å². The molecule has 3 aliphatic heterocycles. The number of hydrogen-bond donors (Lipinski definition) is 12. The summed E-state index contributed by atoms with van der Waals surface area (Å²) in [4.78, 5) is 13.5. The summed E-state index contributed by atoms with van der Waals surface area (Å²) in [6, 6.07) is -0.998. The number of ether oxygens (including phenoxy) is 6. The van der Waals surface area contributed by atoms with E-state index in [9.17, 15) is 61.0 Å². The van der Waals surface area contributed by atoms with Crippen LogP contribution in [0.25, 0.3) is 0 Å². The van der Waals surface area contributed by atoms with E-state index in [1.165, 1.54) is 231 Å². The smallest absolute Gasteiger partial charge is 0.220 e. The number of rotatable bonds is 64. The molecule has 12 N–H and O–H groups in total. The zero-order valence-electron chi connectivity index (χ0n) is 62.4. The van der Waals surface area contributed by atoms with Crippen LogP contribution in [0.3, 0.4) is 0 Å². The summed E-state index contributed by atoms with van der Waals surface area (Å²) >= 11 is 0. The van der Waals surface area contributed by atoms with E-state index in [4.69, 9.17) is 28.4 Å². The maximum absolute atomic E-state index is 13.5. The van der Waals surface area contributed by atoms with Crippen LogP contribution in [0, 0.1) is 0 Å². The number of allylic oxidation sites excluding steroid dienone is 9. The highest BCUT2D eigenvalue weighted by Crippen LogP contribution is 2.33. The Balaban J connectivity index is 1.37. The molecule has 100 heavy (non-hydrogen) atoms. The third-order valence-electron chi connectivity index (χ3n) is 20.0. The van der Waals surface area contributed by atoms with Gasteiger partial charge in [0.2, 0.25) is 5.91 Å². The topological polar surface area (TPSA) is 307 Å². The molecule has 0 aromatic carbocycles. The lowest BCUT2D eigenvalue weighted by Gasteiger charge is -2.48. The normalized spacial score (nSPS) is 26.8. The van der Waals surface area contributed by atoms with Crippen molar-refractivity contribution in [2.24, 2.45) is 0 Å². The molecule has 19 nitrogen and oxygen atoms in total. The van der Waals surface area contributed by atoms with Gasteiger partial charge in [-0.15, -0.1) is 0 Å².